The van der Waals surface area contributed by atoms with Gasteiger partial charge in [-0.15, -0.1) is 0 Å². The van der Waals surface area contributed by atoms with E-state index in [0.717, 1.165) is 12.2 Å². The number of esters is 2. The molecule has 0 aliphatic carbocycles. The molecule has 5 nitrogen and oxygen atoms in total. The fourth-order valence-electron chi connectivity index (χ4n) is 0.517. The summed E-state index contributed by atoms with van der Waals surface area (Å²) in [5.41, 5.74) is 0.0640. The smallest absolute Gasteiger partial charge is 0.338 e. The Kier molecular flexibility index (Phi) is 5.40. The number of rotatable bonds is 4. The van der Waals surface area contributed by atoms with Crippen molar-refractivity contribution >= 4 is 17.9 Å². The first kappa shape index (κ1) is 12.8. The van der Waals surface area contributed by atoms with Crippen LogP contribution < -0.4 is 0 Å². The summed E-state index contributed by atoms with van der Waals surface area (Å²) in [6.07, 6.45) is 4.18. The first-order chi connectivity index (χ1) is 6.97. The molecule has 0 aliphatic heterocycles. The second kappa shape index (κ2) is 6.31. The highest BCUT2D eigenvalue weighted by atomic mass is 16.6. The summed E-state index contributed by atoms with van der Waals surface area (Å²) in [7, 11) is 0. The largest absolute Gasteiger partial charge is 0.478 e. The minimum Gasteiger partial charge on any atom is -0.478 e. The molecule has 0 aromatic heterocycles. The maximum absolute atomic E-state index is 10.8. The molecule has 0 atom stereocenters. The first-order valence-electron chi connectivity index (χ1n) is 3.94. The van der Waals surface area contributed by atoms with Gasteiger partial charge in [0.25, 0.3) is 0 Å². The molecule has 0 bridgehead atoms. The first-order valence-corrected chi connectivity index (χ1v) is 3.94. The van der Waals surface area contributed by atoms with Crippen LogP contribution in [0.2, 0.25) is 0 Å². The van der Waals surface area contributed by atoms with Crippen LogP contribution in [-0.2, 0) is 19.1 Å². The molecule has 0 rings (SSSR count). The highest BCUT2D eigenvalue weighted by Gasteiger charge is 2.01. The van der Waals surface area contributed by atoms with Crippen LogP contribution in [-0.4, -0.2) is 23.0 Å². The van der Waals surface area contributed by atoms with E-state index >= 15 is 0 Å². The molecule has 15 heavy (non-hydrogen) atoms. The minimum atomic E-state index is -1.09. The Bertz CT molecular complexity index is 349. The molecule has 0 heterocycles. The zero-order valence-electron chi connectivity index (χ0n) is 8.10. The molecular weight excluding hydrogens is 200 g/mol. The molecule has 0 fully saturated rings. The fourth-order valence-corrected chi connectivity index (χ4v) is 0.517. The van der Waals surface area contributed by atoms with Gasteiger partial charge in [0, 0.05) is 17.7 Å². The third-order valence-corrected chi connectivity index (χ3v) is 1.28. The summed E-state index contributed by atoms with van der Waals surface area (Å²) >= 11 is 0. The van der Waals surface area contributed by atoms with Gasteiger partial charge in [-0.2, -0.15) is 0 Å². The van der Waals surface area contributed by atoms with Crippen LogP contribution >= 0.6 is 0 Å². The standard InChI is InChI=1S/C10H10O5/c1-3-8(11)15-9(12)6-4-5-7(2)10(13)14/h3-6H,1H2,2H3,(H,13,14). The van der Waals surface area contributed by atoms with E-state index in [-0.39, 0.29) is 5.57 Å². The quantitative estimate of drug-likeness (QED) is 0.321. The molecule has 80 valence electrons. The van der Waals surface area contributed by atoms with E-state index in [1.165, 1.54) is 19.1 Å². The Hall–Kier alpha value is -2.17. The van der Waals surface area contributed by atoms with Crippen LogP contribution in [0.5, 0.6) is 0 Å². The summed E-state index contributed by atoms with van der Waals surface area (Å²) in [6, 6.07) is 0. The number of aliphatic carboxylic acids is 1. The van der Waals surface area contributed by atoms with Crippen LogP contribution in [0.15, 0.2) is 36.5 Å². The number of carbonyl (C=O) groups is 3. The SMILES string of the molecule is C=CC(=O)OC(=O)C=CC=C(C)C(=O)O. The van der Waals surface area contributed by atoms with Gasteiger partial charge in [0.05, 0.1) is 0 Å². The Balaban J connectivity index is 4.24. The van der Waals surface area contributed by atoms with Crippen molar-refractivity contribution in [2.75, 3.05) is 0 Å². The molecule has 0 aromatic carbocycles. The predicted molar refractivity (Wildman–Crippen MR) is 51.8 cm³/mol. The van der Waals surface area contributed by atoms with E-state index in [4.69, 9.17) is 5.11 Å². The Morgan fingerprint density at radius 1 is 1.27 bits per heavy atom. The number of hydrogen-bond acceptors (Lipinski definition) is 4. The molecule has 0 spiro atoms. The van der Waals surface area contributed by atoms with Crippen molar-refractivity contribution in [3.8, 4) is 0 Å². The summed E-state index contributed by atoms with van der Waals surface area (Å²) in [5, 5.41) is 8.44. The second-order valence-electron chi connectivity index (χ2n) is 2.46. The Labute approximate surface area is 86.3 Å². The lowest BCUT2D eigenvalue weighted by molar-refractivity contribution is -0.152. The van der Waals surface area contributed by atoms with Gasteiger partial charge >= 0.3 is 17.9 Å². The molecule has 0 unspecified atom stereocenters. The van der Waals surface area contributed by atoms with Gasteiger partial charge in [-0.05, 0) is 6.92 Å². The summed E-state index contributed by atoms with van der Waals surface area (Å²) in [6.45, 7) is 4.47. The van der Waals surface area contributed by atoms with E-state index < -0.39 is 17.9 Å². The van der Waals surface area contributed by atoms with Gasteiger partial charge in [-0.1, -0.05) is 18.7 Å². The number of hydrogen-bond donors (Lipinski definition) is 1. The van der Waals surface area contributed by atoms with Crippen molar-refractivity contribution in [3.63, 3.8) is 0 Å². The van der Waals surface area contributed by atoms with Crippen molar-refractivity contribution in [1.29, 1.82) is 0 Å². The molecule has 0 radical (unpaired) electrons. The molecule has 0 saturated carbocycles. The average molecular weight is 210 g/mol. The second-order valence-corrected chi connectivity index (χ2v) is 2.46. The lowest BCUT2D eigenvalue weighted by Gasteiger charge is -1.92. The highest BCUT2D eigenvalue weighted by molar-refractivity contribution is 5.96. The van der Waals surface area contributed by atoms with Crippen LogP contribution in [0.1, 0.15) is 6.92 Å². The van der Waals surface area contributed by atoms with E-state index in [2.05, 4.69) is 11.3 Å². The maximum atomic E-state index is 10.8. The predicted octanol–water partition coefficient (Wildman–Crippen LogP) is 0.829. The number of ether oxygens (including phenoxy) is 1. The van der Waals surface area contributed by atoms with E-state index in [1.807, 2.05) is 0 Å². The van der Waals surface area contributed by atoms with E-state index in [1.54, 1.807) is 0 Å². The zero-order chi connectivity index (χ0) is 11.8. The summed E-state index contributed by atoms with van der Waals surface area (Å²) in [5.74, 6) is -2.83. The van der Waals surface area contributed by atoms with Gasteiger partial charge < -0.3 is 9.84 Å². The van der Waals surface area contributed by atoms with Crippen LogP contribution in [0.4, 0.5) is 0 Å². The van der Waals surface area contributed by atoms with Crippen molar-refractivity contribution in [1.82, 2.24) is 0 Å². The summed E-state index contributed by atoms with van der Waals surface area (Å²) in [4.78, 5) is 31.6. The third kappa shape index (κ3) is 5.98. The van der Waals surface area contributed by atoms with Gasteiger partial charge in [0.2, 0.25) is 0 Å². The van der Waals surface area contributed by atoms with Crippen molar-refractivity contribution in [2.24, 2.45) is 0 Å². The van der Waals surface area contributed by atoms with Crippen LogP contribution in [0.25, 0.3) is 0 Å². The lowest BCUT2D eigenvalue weighted by Crippen LogP contribution is -2.06. The number of carbonyl (C=O) groups excluding carboxylic acids is 2. The van der Waals surface area contributed by atoms with Crippen molar-refractivity contribution in [2.45, 2.75) is 6.92 Å². The van der Waals surface area contributed by atoms with Gasteiger partial charge in [0.15, 0.2) is 0 Å². The number of carboxylic acids is 1. The van der Waals surface area contributed by atoms with Gasteiger partial charge in [0.1, 0.15) is 0 Å². The van der Waals surface area contributed by atoms with E-state index in [9.17, 15) is 14.4 Å². The number of allylic oxidation sites excluding steroid dienone is 2. The summed E-state index contributed by atoms with van der Waals surface area (Å²) < 4.78 is 4.18. The molecule has 0 aliphatic rings. The molecule has 1 N–H and O–H groups in total. The van der Waals surface area contributed by atoms with Gasteiger partial charge in [-0.3, -0.25) is 0 Å². The molecular formula is C10H10O5. The normalized spacial score (nSPS) is 11.1. The highest BCUT2D eigenvalue weighted by Crippen LogP contribution is 1.93. The van der Waals surface area contributed by atoms with Crippen LogP contribution in [0.3, 0.4) is 0 Å². The van der Waals surface area contributed by atoms with Crippen molar-refractivity contribution < 1.29 is 24.2 Å². The average Bonchev–Trinajstić information content (AvgIpc) is 2.17. The third-order valence-electron chi connectivity index (χ3n) is 1.28. The molecule has 0 aromatic rings. The monoisotopic (exact) mass is 210 g/mol. The zero-order valence-corrected chi connectivity index (χ0v) is 8.10. The van der Waals surface area contributed by atoms with E-state index in [0.29, 0.717) is 0 Å². The molecule has 0 saturated heterocycles. The lowest BCUT2D eigenvalue weighted by atomic mass is 10.3. The minimum absolute atomic E-state index is 0.0640. The van der Waals surface area contributed by atoms with Gasteiger partial charge in [-0.25, -0.2) is 14.4 Å². The fraction of sp³-hybridized carbons (Fsp3) is 0.100. The molecule has 5 heteroatoms. The number of carboxylic acid groups (broad SMARTS) is 1. The molecule has 0 amide bonds. The van der Waals surface area contributed by atoms with Crippen molar-refractivity contribution in [3.05, 3.63) is 36.5 Å². The Morgan fingerprint density at radius 2 is 1.87 bits per heavy atom. The Morgan fingerprint density at radius 3 is 2.33 bits per heavy atom. The topological polar surface area (TPSA) is 80.7 Å². The maximum Gasteiger partial charge on any atom is 0.338 e. The van der Waals surface area contributed by atoms with Crippen LogP contribution in [0, 0.1) is 0 Å².